The number of aliphatic hydroxyl groups is 1. The van der Waals surface area contributed by atoms with E-state index < -0.39 is 21.8 Å². The molecule has 0 atom stereocenters. The maximum Gasteiger partial charge on any atom is 0.418 e. The summed E-state index contributed by atoms with van der Waals surface area (Å²) in [5.74, 6) is 0.139. The number of aryl methyl sites for hydroxylation is 1. The van der Waals surface area contributed by atoms with Crippen molar-refractivity contribution in [3.63, 3.8) is 0 Å². The number of aromatic nitrogens is 2. The third-order valence-electron chi connectivity index (χ3n) is 5.51. The lowest BCUT2D eigenvalue weighted by Crippen LogP contribution is -2.29. The third kappa shape index (κ3) is 5.15. The van der Waals surface area contributed by atoms with Gasteiger partial charge in [-0.2, -0.15) is 21.6 Å². The van der Waals surface area contributed by atoms with Crippen molar-refractivity contribution in [2.24, 2.45) is 0 Å². The summed E-state index contributed by atoms with van der Waals surface area (Å²) in [4.78, 5) is 10.1. The number of sulfonamides is 1. The highest BCUT2D eigenvalue weighted by atomic mass is 32.2. The van der Waals surface area contributed by atoms with E-state index in [1.165, 1.54) is 12.1 Å². The SMILES string of the molecule is O=S1(=O)Nc2ccc(C(F)(F)F)c(n2)-c2ccccc2CCCCN(CCO)c2cccc1n2. The molecule has 2 N–H and O–H groups in total. The van der Waals surface area contributed by atoms with Gasteiger partial charge in [0.05, 0.1) is 17.9 Å². The second kappa shape index (κ2) is 9.59. The number of β-amino-alcohol motifs (C(OH)–C–C–N with tert-alkyl or cyclic N) is 1. The van der Waals surface area contributed by atoms with Crippen molar-refractivity contribution in [3.05, 3.63) is 65.7 Å². The summed E-state index contributed by atoms with van der Waals surface area (Å²) < 4.78 is 69.7. The van der Waals surface area contributed by atoms with E-state index in [2.05, 4.69) is 14.7 Å². The monoisotopic (exact) mass is 492 g/mol. The summed E-state index contributed by atoms with van der Waals surface area (Å²) >= 11 is 0. The number of fused-ring (bicyclic) bond motifs is 6. The molecule has 0 fully saturated rings. The van der Waals surface area contributed by atoms with Crippen molar-refractivity contribution in [1.82, 2.24) is 9.97 Å². The van der Waals surface area contributed by atoms with Crippen LogP contribution in [-0.4, -0.2) is 43.2 Å². The van der Waals surface area contributed by atoms with Crippen LogP contribution in [0.3, 0.4) is 0 Å². The molecule has 0 saturated heterocycles. The van der Waals surface area contributed by atoms with Crippen LogP contribution in [0, 0.1) is 0 Å². The maximum absolute atomic E-state index is 13.8. The zero-order chi connectivity index (χ0) is 24.3. The highest BCUT2D eigenvalue weighted by Gasteiger charge is 2.35. The molecule has 7 nitrogen and oxygen atoms in total. The van der Waals surface area contributed by atoms with E-state index >= 15 is 0 Å². The van der Waals surface area contributed by atoms with Gasteiger partial charge in [-0.3, -0.25) is 4.72 Å². The van der Waals surface area contributed by atoms with Crippen LogP contribution in [0.25, 0.3) is 11.3 Å². The van der Waals surface area contributed by atoms with Crippen molar-refractivity contribution < 1.29 is 26.7 Å². The number of pyridine rings is 2. The van der Waals surface area contributed by atoms with Gasteiger partial charge in [-0.05, 0) is 49.1 Å². The zero-order valence-electron chi connectivity index (χ0n) is 18.1. The van der Waals surface area contributed by atoms with Gasteiger partial charge in [-0.25, -0.2) is 9.97 Å². The minimum Gasteiger partial charge on any atom is -0.395 e. The molecule has 0 saturated carbocycles. The fourth-order valence-corrected chi connectivity index (χ4v) is 4.88. The summed E-state index contributed by atoms with van der Waals surface area (Å²) in [7, 11) is -4.24. The number of hydrogen-bond donors (Lipinski definition) is 2. The Kier molecular flexibility index (Phi) is 6.76. The Morgan fingerprint density at radius 2 is 1.79 bits per heavy atom. The van der Waals surface area contributed by atoms with Gasteiger partial charge >= 0.3 is 6.18 Å². The molecule has 0 spiro atoms. The lowest BCUT2D eigenvalue weighted by Gasteiger charge is -2.23. The first-order valence-electron chi connectivity index (χ1n) is 10.7. The fourth-order valence-electron chi connectivity index (χ4n) is 3.92. The minimum absolute atomic E-state index is 0.143. The van der Waals surface area contributed by atoms with Crippen LogP contribution in [0.1, 0.15) is 24.0 Å². The van der Waals surface area contributed by atoms with Crippen LogP contribution >= 0.6 is 0 Å². The van der Waals surface area contributed by atoms with Gasteiger partial charge in [-0.1, -0.05) is 30.3 Å². The summed E-state index contributed by atoms with van der Waals surface area (Å²) in [6.07, 6.45) is -2.84. The van der Waals surface area contributed by atoms with E-state index in [0.717, 1.165) is 12.1 Å². The first-order chi connectivity index (χ1) is 16.2. The predicted octanol–water partition coefficient (Wildman–Crippen LogP) is 4.10. The molecule has 0 amide bonds. The Bertz CT molecular complexity index is 1280. The van der Waals surface area contributed by atoms with E-state index in [9.17, 15) is 26.7 Å². The van der Waals surface area contributed by atoms with Crippen LogP contribution in [0.5, 0.6) is 0 Å². The van der Waals surface area contributed by atoms with Crippen LogP contribution in [0.15, 0.2) is 59.6 Å². The van der Waals surface area contributed by atoms with Gasteiger partial charge in [0, 0.05) is 18.7 Å². The van der Waals surface area contributed by atoms with Crippen LogP contribution < -0.4 is 9.62 Å². The first-order valence-corrected chi connectivity index (χ1v) is 12.2. The smallest absolute Gasteiger partial charge is 0.395 e. The molecule has 4 bridgehead atoms. The molecule has 180 valence electrons. The Balaban J connectivity index is 1.87. The number of anilines is 2. The number of hydrogen-bond acceptors (Lipinski definition) is 6. The molecule has 4 rings (SSSR count). The van der Waals surface area contributed by atoms with Crippen LogP contribution in [0.4, 0.5) is 24.8 Å². The number of halogens is 3. The first kappa shape index (κ1) is 24.0. The van der Waals surface area contributed by atoms with Gasteiger partial charge in [0.1, 0.15) is 11.6 Å². The molecule has 34 heavy (non-hydrogen) atoms. The molecule has 3 heterocycles. The summed E-state index contributed by atoms with van der Waals surface area (Å²) in [6.45, 7) is 0.611. The predicted molar refractivity (Wildman–Crippen MR) is 122 cm³/mol. The lowest BCUT2D eigenvalue weighted by atomic mass is 9.96. The molecular formula is C23H23F3N4O3S. The second-order valence-electron chi connectivity index (χ2n) is 7.85. The van der Waals surface area contributed by atoms with Gasteiger partial charge in [-0.15, -0.1) is 0 Å². The Morgan fingerprint density at radius 3 is 2.56 bits per heavy atom. The third-order valence-corrected chi connectivity index (χ3v) is 6.77. The molecular weight excluding hydrogens is 469 g/mol. The number of benzene rings is 1. The topological polar surface area (TPSA) is 95.4 Å². The summed E-state index contributed by atoms with van der Waals surface area (Å²) in [6, 6.07) is 13.0. The van der Waals surface area contributed by atoms with Crippen LogP contribution in [0.2, 0.25) is 0 Å². The summed E-state index contributed by atoms with van der Waals surface area (Å²) in [5, 5.41) is 9.16. The van der Waals surface area contributed by atoms with Crippen molar-refractivity contribution in [1.29, 1.82) is 0 Å². The molecule has 1 aliphatic heterocycles. The molecule has 11 heteroatoms. The molecule has 2 aromatic heterocycles. The Labute approximate surface area is 195 Å². The number of nitrogens with zero attached hydrogens (tertiary/aromatic N) is 3. The van der Waals surface area contributed by atoms with E-state index in [-0.39, 0.29) is 29.7 Å². The maximum atomic E-state index is 13.8. The van der Waals surface area contributed by atoms with Crippen LogP contribution in [-0.2, 0) is 22.6 Å². The minimum atomic E-state index is -4.67. The highest BCUT2D eigenvalue weighted by molar-refractivity contribution is 7.92. The molecule has 0 radical (unpaired) electrons. The quantitative estimate of drug-likeness (QED) is 0.559. The fraction of sp³-hybridized carbons (Fsp3) is 0.304. The van der Waals surface area contributed by atoms with E-state index in [1.54, 1.807) is 35.2 Å². The zero-order valence-corrected chi connectivity index (χ0v) is 18.9. The second-order valence-corrected chi connectivity index (χ2v) is 9.48. The number of aliphatic hydroxyl groups excluding tert-OH is 1. The number of rotatable bonds is 2. The number of nitrogens with one attached hydrogen (secondary N) is 1. The van der Waals surface area contributed by atoms with Crippen molar-refractivity contribution in [3.8, 4) is 11.3 Å². The van der Waals surface area contributed by atoms with Crippen molar-refractivity contribution >= 4 is 21.7 Å². The van der Waals surface area contributed by atoms with E-state index in [0.29, 0.717) is 42.8 Å². The molecule has 0 aliphatic carbocycles. The van der Waals surface area contributed by atoms with Gasteiger partial charge in [0.25, 0.3) is 10.0 Å². The summed E-state index contributed by atoms with van der Waals surface area (Å²) in [5.41, 5.74) is -0.289. The molecule has 0 unspecified atom stereocenters. The molecule has 1 aliphatic rings. The van der Waals surface area contributed by atoms with E-state index in [4.69, 9.17) is 0 Å². The Hall–Kier alpha value is -3.18. The normalized spacial score (nSPS) is 16.1. The largest absolute Gasteiger partial charge is 0.418 e. The van der Waals surface area contributed by atoms with Gasteiger partial charge in [0.15, 0.2) is 5.03 Å². The molecule has 1 aromatic carbocycles. The average molecular weight is 493 g/mol. The van der Waals surface area contributed by atoms with Crippen molar-refractivity contribution in [2.75, 3.05) is 29.3 Å². The standard InChI is InChI=1S/C23H23F3N4O3S/c24-23(25,26)18-11-12-19-27-22(18)17-8-2-1-6-16(17)7-3-4-13-30(14-15-31)20-9-5-10-21(28-20)34(32,33)29-19/h1-2,5-6,8-12,31H,3-4,7,13-15H2,(H,27,29). The number of alkyl halides is 3. The van der Waals surface area contributed by atoms with Gasteiger partial charge < -0.3 is 10.0 Å². The molecule has 3 aromatic rings. The average Bonchev–Trinajstić information content (AvgIpc) is 2.80. The lowest BCUT2D eigenvalue weighted by molar-refractivity contribution is -0.137. The Morgan fingerprint density at radius 1 is 1.00 bits per heavy atom. The van der Waals surface area contributed by atoms with Gasteiger partial charge in [0.2, 0.25) is 0 Å². The van der Waals surface area contributed by atoms with Crippen molar-refractivity contribution in [2.45, 2.75) is 30.5 Å². The van der Waals surface area contributed by atoms with E-state index in [1.807, 2.05) is 0 Å². The highest BCUT2D eigenvalue weighted by Crippen LogP contribution is 2.38.